The molecule has 1 aliphatic rings. The van der Waals surface area contributed by atoms with Crippen molar-refractivity contribution in [3.8, 4) is 17.6 Å². The third-order valence-electron chi connectivity index (χ3n) is 8.44. The molecule has 2 heterocycles. The molecule has 0 saturated heterocycles. The number of nitrogens with zero attached hydrogens (tertiary/aromatic N) is 4. The highest BCUT2D eigenvalue weighted by atomic mass is 32.1. The third kappa shape index (κ3) is 5.96. The van der Waals surface area contributed by atoms with Gasteiger partial charge in [-0.2, -0.15) is 5.26 Å². The molecule has 9 heteroatoms. The van der Waals surface area contributed by atoms with Gasteiger partial charge in [-0.1, -0.05) is 72.0 Å². The molecular weight excluding hydrogens is 609 g/mol. The van der Waals surface area contributed by atoms with Crippen LogP contribution in [-0.2, 0) is 11.4 Å². The molecule has 0 bridgehead atoms. The second kappa shape index (κ2) is 13.5. The van der Waals surface area contributed by atoms with E-state index in [0.29, 0.717) is 50.8 Å². The van der Waals surface area contributed by atoms with Crippen LogP contribution in [0.4, 0.5) is 0 Å². The lowest BCUT2D eigenvalue weighted by Gasteiger charge is -2.30. The Bertz CT molecular complexity index is 2240. The van der Waals surface area contributed by atoms with Gasteiger partial charge in [0.1, 0.15) is 24.1 Å². The van der Waals surface area contributed by atoms with Crippen molar-refractivity contribution in [2.45, 2.75) is 33.4 Å². The maximum atomic E-state index is 14.4. The number of hydrogen-bond acceptors (Lipinski definition) is 7. The lowest BCUT2D eigenvalue weighted by Crippen LogP contribution is -2.43. The summed E-state index contributed by atoms with van der Waals surface area (Å²) >= 11 is 1.29. The largest absolute Gasteiger partial charge is 0.496 e. The summed E-state index contributed by atoms with van der Waals surface area (Å²) in [5.41, 5.74) is 3.76. The predicted molar refractivity (Wildman–Crippen MR) is 184 cm³/mol. The van der Waals surface area contributed by atoms with Crippen LogP contribution in [0.3, 0.4) is 0 Å². The van der Waals surface area contributed by atoms with Crippen LogP contribution in [0.5, 0.6) is 11.5 Å². The minimum Gasteiger partial charge on any atom is -0.496 e. The highest BCUT2D eigenvalue weighted by Crippen LogP contribution is 2.40. The van der Waals surface area contributed by atoms with Crippen molar-refractivity contribution in [3.05, 3.63) is 138 Å². The molecular formula is C38H34N4O4S. The number of hydrogen-bond donors (Lipinski definition) is 0. The number of aromatic nitrogens is 1. The highest BCUT2D eigenvalue weighted by molar-refractivity contribution is 7.07. The van der Waals surface area contributed by atoms with Gasteiger partial charge in [0.05, 0.1) is 34.5 Å². The molecule has 0 fully saturated rings. The minimum absolute atomic E-state index is 0.154. The second-order valence-corrected chi connectivity index (χ2v) is 12.1. The van der Waals surface area contributed by atoms with Gasteiger partial charge in [-0.15, -0.1) is 0 Å². The number of methoxy groups -OCH3 is 1. The lowest BCUT2D eigenvalue weighted by molar-refractivity contribution is -0.127. The molecule has 0 saturated carbocycles. The summed E-state index contributed by atoms with van der Waals surface area (Å²) in [4.78, 5) is 35.6. The van der Waals surface area contributed by atoms with Crippen LogP contribution in [0.25, 0.3) is 16.8 Å². The van der Waals surface area contributed by atoms with Crippen LogP contribution < -0.4 is 24.4 Å². The van der Waals surface area contributed by atoms with Crippen LogP contribution in [-0.4, -0.2) is 35.6 Å². The van der Waals surface area contributed by atoms with E-state index in [0.717, 1.165) is 27.5 Å². The van der Waals surface area contributed by atoms with E-state index in [9.17, 15) is 14.9 Å². The Morgan fingerprint density at radius 3 is 2.47 bits per heavy atom. The topological polar surface area (TPSA) is 96.9 Å². The maximum absolute atomic E-state index is 14.4. The Morgan fingerprint density at radius 1 is 1.02 bits per heavy atom. The van der Waals surface area contributed by atoms with E-state index < -0.39 is 6.04 Å². The molecule has 1 atom stereocenters. The van der Waals surface area contributed by atoms with Crippen molar-refractivity contribution in [3.63, 3.8) is 0 Å². The van der Waals surface area contributed by atoms with E-state index in [4.69, 9.17) is 14.5 Å². The van der Waals surface area contributed by atoms with Crippen molar-refractivity contribution in [1.82, 2.24) is 9.47 Å². The summed E-state index contributed by atoms with van der Waals surface area (Å²) in [6, 6.07) is 28.1. The van der Waals surface area contributed by atoms with E-state index in [2.05, 4.69) is 6.07 Å². The van der Waals surface area contributed by atoms with Crippen molar-refractivity contribution in [2.24, 2.45) is 4.99 Å². The van der Waals surface area contributed by atoms with Gasteiger partial charge in [0.2, 0.25) is 0 Å². The van der Waals surface area contributed by atoms with Gasteiger partial charge >= 0.3 is 0 Å². The van der Waals surface area contributed by atoms with Gasteiger partial charge in [-0.3, -0.25) is 14.2 Å². The molecule has 1 aliphatic heterocycles. The molecule has 1 aromatic heterocycles. The van der Waals surface area contributed by atoms with Crippen molar-refractivity contribution < 1.29 is 14.3 Å². The molecule has 0 aliphatic carbocycles. The SMILES string of the molecule is CCN(CC)C(=O)C1=C(C)N=c2s/c(=C/c3ccc(OCc4ccccc4C#N)cc3)c(=O)n2[C@@H]1c1c(OC)ccc2ccccc12. The van der Waals surface area contributed by atoms with Crippen LogP contribution in [0.2, 0.25) is 0 Å². The first-order valence-electron chi connectivity index (χ1n) is 15.5. The molecule has 47 heavy (non-hydrogen) atoms. The minimum atomic E-state index is -0.741. The number of carbonyl (C=O) groups excluding carboxylic acids is 1. The van der Waals surface area contributed by atoms with E-state index in [-0.39, 0.29) is 18.1 Å². The van der Waals surface area contributed by atoms with Gasteiger partial charge in [0.15, 0.2) is 4.80 Å². The lowest BCUT2D eigenvalue weighted by atomic mass is 9.90. The molecule has 236 valence electrons. The van der Waals surface area contributed by atoms with Crippen molar-refractivity contribution in [2.75, 3.05) is 20.2 Å². The van der Waals surface area contributed by atoms with Gasteiger partial charge in [0.25, 0.3) is 11.5 Å². The summed E-state index contributed by atoms with van der Waals surface area (Å²) < 4.78 is 14.0. The first-order chi connectivity index (χ1) is 22.9. The fraction of sp³-hybridized carbons (Fsp3) is 0.211. The number of allylic oxidation sites excluding steroid dienone is 1. The van der Waals surface area contributed by atoms with Gasteiger partial charge in [-0.25, -0.2) is 4.99 Å². The normalized spacial score (nSPS) is 14.4. The average molecular weight is 643 g/mol. The maximum Gasteiger partial charge on any atom is 0.271 e. The first-order valence-corrected chi connectivity index (χ1v) is 16.3. The number of amides is 1. The molecule has 1 amide bonds. The van der Waals surface area contributed by atoms with Gasteiger partial charge in [-0.05, 0) is 67.4 Å². The fourth-order valence-corrected chi connectivity index (χ4v) is 7.06. The molecule has 8 nitrogen and oxygen atoms in total. The molecule has 6 rings (SSSR count). The number of benzene rings is 4. The standard InChI is InChI=1S/C38H34N4O4S/c1-5-41(6-2)37(44)33-24(3)40-38-42(35(33)34-30-14-10-9-11-26(30)17-20-31(34)45-4)36(43)32(47-38)21-25-15-18-29(19-16-25)46-23-28-13-8-7-12-27(28)22-39/h7-21,35H,5-6,23H2,1-4H3/b32-21+/t35-/m0/s1. The molecule has 4 aromatic carbocycles. The van der Waals surface area contributed by atoms with E-state index in [1.807, 2.05) is 106 Å². The Hall–Kier alpha value is -5.46. The first kappa shape index (κ1) is 31.5. The Labute approximate surface area is 276 Å². The van der Waals surface area contributed by atoms with E-state index in [1.54, 1.807) is 22.6 Å². The third-order valence-corrected chi connectivity index (χ3v) is 9.42. The molecule has 0 radical (unpaired) electrons. The van der Waals surface area contributed by atoms with Gasteiger partial charge in [0, 0.05) is 24.2 Å². The number of ether oxygens (including phenoxy) is 2. The van der Waals surface area contributed by atoms with Crippen LogP contribution in [0.15, 0.2) is 106 Å². The molecule has 5 aromatic rings. The fourth-order valence-electron chi connectivity index (χ4n) is 6.01. The highest BCUT2D eigenvalue weighted by Gasteiger charge is 2.36. The zero-order valence-corrected chi connectivity index (χ0v) is 27.5. The number of carbonyl (C=O) groups is 1. The number of rotatable bonds is 9. The summed E-state index contributed by atoms with van der Waals surface area (Å²) in [7, 11) is 1.61. The zero-order chi connectivity index (χ0) is 33.1. The molecule has 0 unspecified atom stereocenters. The van der Waals surface area contributed by atoms with Gasteiger partial charge < -0.3 is 14.4 Å². The summed E-state index contributed by atoms with van der Waals surface area (Å²) in [5.74, 6) is 1.09. The molecule has 0 N–H and O–H groups in total. The molecule has 0 spiro atoms. The number of nitriles is 1. The Morgan fingerprint density at radius 2 is 1.74 bits per heavy atom. The smallest absolute Gasteiger partial charge is 0.271 e. The zero-order valence-electron chi connectivity index (χ0n) is 26.7. The number of likely N-dealkylation sites (N-methyl/N-ethyl adjacent to an activating group) is 1. The van der Waals surface area contributed by atoms with Crippen molar-refractivity contribution >= 4 is 34.1 Å². The van der Waals surface area contributed by atoms with Crippen LogP contribution >= 0.6 is 11.3 Å². The van der Waals surface area contributed by atoms with Crippen LogP contribution in [0.1, 0.15) is 49.1 Å². The van der Waals surface area contributed by atoms with Crippen LogP contribution in [0, 0.1) is 11.3 Å². The summed E-state index contributed by atoms with van der Waals surface area (Å²) in [6.07, 6.45) is 1.83. The van der Waals surface area contributed by atoms with E-state index in [1.165, 1.54) is 11.3 Å². The monoisotopic (exact) mass is 642 g/mol. The Kier molecular flexibility index (Phi) is 9.05. The summed E-state index contributed by atoms with van der Waals surface area (Å²) in [6.45, 7) is 7.06. The quantitative estimate of drug-likeness (QED) is 0.205. The second-order valence-electron chi connectivity index (χ2n) is 11.1. The number of fused-ring (bicyclic) bond motifs is 2. The predicted octanol–water partition coefficient (Wildman–Crippen LogP) is 5.72. The van der Waals surface area contributed by atoms with E-state index >= 15 is 0 Å². The number of thiazole rings is 1. The summed E-state index contributed by atoms with van der Waals surface area (Å²) in [5, 5.41) is 11.2. The average Bonchev–Trinajstić information content (AvgIpc) is 3.40. The van der Waals surface area contributed by atoms with Crippen molar-refractivity contribution in [1.29, 1.82) is 5.26 Å². The Balaban J connectivity index is 1.45.